The third kappa shape index (κ3) is 3.20. The fourth-order valence-corrected chi connectivity index (χ4v) is 5.15. The zero-order valence-corrected chi connectivity index (χ0v) is 15.7. The maximum Gasteiger partial charge on any atom is 0.212 e. The minimum absolute atomic E-state index is 0.300. The molecule has 2 aliphatic rings. The van der Waals surface area contributed by atoms with Crippen LogP contribution in [0.25, 0.3) is 11.1 Å². The van der Waals surface area contributed by atoms with E-state index in [0.29, 0.717) is 10.3 Å². The van der Waals surface area contributed by atoms with E-state index in [-0.39, 0.29) is 0 Å². The molecule has 0 atom stereocenters. The monoisotopic (exact) mass is 371 g/mol. The molecule has 5 heteroatoms. The first-order valence-corrected chi connectivity index (χ1v) is 10.9. The van der Waals surface area contributed by atoms with Gasteiger partial charge in [-0.2, -0.15) is 4.39 Å². The number of halogens is 1. The third-order valence-electron chi connectivity index (χ3n) is 5.84. The van der Waals surface area contributed by atoms with Gasteiger partial charge in [-0.15, -0.1) is 0 Å². The van der Waals surface area contributed by atoms with Crippen molar-refractivity contribution in [2.24, 2.45) is 5.41 Å². The van der Waals surface area contributed by atoms with Gasteiger partial charge in [-0.1, -0.05) is 25.0 Å². The molecule has 1 heterocycles. The van der Waals surface area contributed by atoms with Crippen molar-refractivity contribution in [2.45, 2.75) is 43.4 Å². The van der Waals surface area contributed by atoms with E-state index in [1.54, 1.807) is 24.4 Å². The highest BCUT2D eigenvalue weighted by atomic mass is 32.2. The normalized spacial score (nSPS) is 19.5. The van der Waals surface area contributed by atoms with Crippen LogP contribution < -0.4 is 0 Å². The number of rotatable bonds is 3. The lowest BCUT2D eigenvalue weighted by molar-refractivity contribution is 0.330. The smallest absolute Gasteiger partial charge is 0.212 e. The second-order valence-electron chi connectivity index (χ2n) is 7.68. The molecule has 2 aliphatic carbocycles. The molecule has 1 aromatic heterocycles. The van der Waals surface area contributed by atoms with E-state index < -0.39 is 15.8 Å². The lowest BCUT2D eigenvalue weighted by Crippen LogP contribution is -2.11. The summed E-state index contributed by atoms with van der Waals surface area (Å²) in [5.41, 5.74) is 4.80. The van der Waals surface area contributed by atoms with E-state index in [0.717, 1.165) is 24.0 Å². The first-order chi connectivity index (χ1) is 12.4. The number of hydrogen-bond donors (Lipinski definition) is 0. The highest BCUT2D eigenvalue weighted by molar-refractivity contribution is 7.90. The van der Waals surface area contributed by atoms with Crippen LogP contribution >= 0.6 is 0 Å². The number of aromatic nitrogens is 1. The summed E-state index contributed by atoms with van der Waals surface area (Å²) >= 11 is 0. The predicted octanol–water partition coefficient (Wildman–Crippen LogP) is 4.89. The minimum atomic E-state index is -3.20. The molecule has 0 N–H and O–H groups in total. The van der Waals surface area contributed by atoms with Crippen LogP contribution in [-0.2, 0) is 9.84 Å². The van der Waals surface area contributed by atoms with Gasteiger partial charge in [-0.25, -0.2) is 13.4 Å². The largest absolute Gasteiger partial charge is 0.228 e. The lowest BCUT2D eigenvalue weighted by atomic mass is 9.81. The summed E-state index contributed by atoms with van der Waals surface area (Å²) in [5, 5.41) is 0. The van der Waals surface area contributed by atoms with Gasteiger partial charge in [0.15, 0.2) is 9.84 Å². The molecule has 0 amide bonds. The second kappa shape index (κ2) is 6.31. The van der Waals surface area contributed by atoms with Crippen LogP contribution in [-0.4, -0.2) is 19.7 Å². The van der Waals surface area contributed by atoms with Crippen molar-refractivity contribution in [1.82, 2.24) is 4.98 Å². The van der Waals surface area contributed by atoms with Crippen LogP contribution in [0.4, 0.5) is 4.39 Å². The Bertz CT molecular complexity index is 954. The van der Waals surface area contributed by atoms with E-state index >= 15 is 0 Å². The molecule has 0 saturated heterocycles. The first kappa shape index (κ1) is 17.4. The Morgan fingerprint density at radius 1 is 0.923 bits per heavy atom. The van der Waals surface area contributed by atoms with Crippen molar-refractivity contribution in [3.05, 3.63) is 59.7 Å². The summed E-state index contributed by atoms with van der Waals surface area (Å²) in [7, 11) is -3.20. The summed E-state index contributed by atoms with van der Waals surface area (Å²) in [6.07, 6.45) is 9.78. The quantitative estimate of drug-likeness (QED) is 0.722. The topological polar surface area (TPSA) is 47.0 Å². The van der Waals surface area contributed by atoms with Crippen molar-refractivity contribution >= 4 is 21.0 Å². The van der Waals surface area contributed by atoms with Crippen molar-refractivity contribution in [3.8, 4) is 0 Å². The molecule has 1 spiro atoms. The Labute approximate surface area is 153 Å². The molecule has 0 radical (unpaired) electrons. The summed E-state index contributed by atoms with van der Waals surface area (Å²) in [6, 6.07) is 10.4. The summed E-state index contributed by atoms with van der Waals surface area (Å²) < 4.78 is 36.7. The van der Waals surface area contributed by atoms with E-state index in [1.807, 2.05) is 12.1 Å². The number of benzene rings is 1. The molecule has 0 unspecified atom stereocenters. The molecule has 2 aromatic rings. The molecule has 4 rings (SSSR count). The Hall–Kier alpha value is -2.01. The van der Waals surface area contributed by atoms with Gasteiger partial charge < -0.3 is 0 Å². The minimum Gasteiger partial charge on any atom is -0.228 e. The number of hydrogen-bond acceptors (Lipinski definition) is 3. The second-order valence-corrected chi connectivity index (χ2v) is 9.70. The SMILES string of the molecule is CS(=O)(=O)c1ccc(C2=C(c3ccc(F)nc3)CC3(CCCC3)C2)cc1. The van der Waals surface area contributed by atoms with Gasteiger partial charge in [-0.3, -0.25) is 0 Å². The highest BCUT2D eigenvalue weighted by Gasteiger charge is 2.41. The number of allylic oxidation sites excluding steroid dienone is 2. The molecule has 136 valence electrons. The number of nitrogens with zero attached hydrogens (tertiary/aromatic N) is 1. The molecule has 1 saturated carbocycles. The van der Waals surface area contributed by atoms with Crippen LogP contribution in [0.1, 0.15) is 49.7 Å². The molecule has 0 aliphatic heterocycles. The van der Waals surface area contributed by atoms with Gasteiger partial charge in [0.2, 0.25) is 5.95 Å². The van der Waals surface area contributed by atoms with Gasteiger partial charge >= 0.3 is 0 Å². The maximum atomic E-state index is 13.3. The molecule has 0 bridgehead atoms. The molecule has 1 fully saturated rings. The predicted molar refractivity (Wildman–Crippen MR) is 101 cm³/mol. The molecule has 26 heavy (non-hydrogen) atoms. The number of sulfone groups is 1. The van der Waals surface area contributed by atoms with Gasteiger partial charge in [0.05, 0.1) is 4.90 Å². The third-order valence-corrected chi connectivity index (χ3v) is 6.97. The Morgan fingerprint density at radius 2 is 1.50 bits per heavy atom. The van der Waals surface area contributed by atoms with Gasteiger partial charge in [0, 0.05) is 12.5 Å². The molecule has 1 aromatic carbocycles. The Balaban J connectivity index is 1.78. The zero-order chi connectivity index (χ0) is 18.4. The van der Waals surface area contributed by atoms with Crippen molar-refractivity contribution in [3.63, 3.8) is 0 Å². The molecular weight excluding hydrogens is 349 g/mol. The fraction of sp³-hybridized carbons (Fsp3) is 0.381. The first-order valence-electron chi connectivity index (χ1n) is 9.01. The Kier molecular flexibility index (Phi) is 4.22. The Morgan fingerprint density at radius 3 is 2.04 bits per heavy atom. The van der Waals surface area contributed by atoms with Crippen LogP contribution in [0.3, 0.4) is 0 Å². The van der Waals surface area contributed by atoms with E-state index in [2.05, 4.69) is 4.98 Å². The average Bonchev–Trinajstić information content (AvgIpc) is 3.22. The van der Waals surface area contributed by atoms with Crippen molar-refractivity contribution < 1.29 is 12.8 Å². The van der Waals surface area contributed by atoms with Crippen LogP contribution in [0.5, 0.6) is 0 Å². The van der Waals surface area contributed by atoms with Gasteiger partial charge in [0.1, 0.15) is 0 Å². The van der Waals surface area contributed by atoms with Crippen LogP contribution in [0, 0.1) is 11.4 Å². The zero-order valence-electron chi connectivity index (χ0n) is 14.8. The van der Waals surface area contributed by atoms with E-state index in [4.69, 9.17) is 0 Å². The number of pyridine rings is 1. The van der Waals surface area contributed by atoms with Crippen molar-refractivity contribution in [1.29, 1.82) is 0 Å². The maximum absolute atomic E-state index is 13.3. The van der Waals surface area contributed by atoms with E-state index in [1.165, 1.54) is 49.2 Å². The van der Waals surface area contributed by atoms with Crippen LogP contribution in [0.15, 0.2) is 47.5 Å². The standard InChI is InChI=1S/C21H22FNO2S/c1-26(24,25)17-7-4-15(5-8-17)18-12-21(10-2-3-11-21)13-19(18)16-6-9-20(22)23-14-16/h4-9,14H,2-3,10-13H2,1H3. The average molecular weight is 371 g/mol. The lowest BCUT2D eigenvalue weighted by Gasteiger charge is -2.23. The summed E-state index contributed by atoms with van der Waals surface area (Å²) in [5.74, 6) is -0.470. The summed E-state index contributed by atoms with van der Waals surface area (Å²) in [4.78, 5) is 4.17. The van der Waals surface area contributed by atoms with E-state index in [9.17, 15) is 12.8 Å². The molecule has 3 nitrogen and oxygen atoms in total. The van der Waals surface area contributed by atoms with Gasteiger partial charge in [-0.05, 0) is 77.6 Å². The van der Waals surface area contributed by atoms with Crippen LogP contribution in [0.2, 0.25) is 0 Å². The summed E-state index contributed by atoms with van der Waals surface area (Å²) in [6.45, 7) is 0. The van der Waals surface area contributed by atoms with Gasteiger partial charge in [0.25, 0.3) is 0 Å². The molecular formula is C21H22FNO2S. The van der Waals surface area contributed by atoms with Crippen molar-refractivity contribution in [2.75, 3.05) is 6.26 Å². The fourth-order valence-electron chi connectivity index (χ4n) is 4.51. The highest BCUT2D eigenvalue weighted by Crippen LogP contribution is 2.57.